The highest BCUT2D eigenvalue weighted by Crippen LogP contribution is 2.41. The number of carbonyl (C=O) groups excluding carboxylic acids is 3. The fraction of sp³-hybridized carbons (Fsp3) is 0.679. The molecule has 2 fully saturated rings. The monoisotopic (exact) mass is 1050 g/mol. The lowest BCUT2D eigenvalue weighted by Crippen LogP contribution is -2.41. The van der Waals surface area contributed by atoms with E-state index in [9.17, 15) is 61.6 Å². The van der Waals surface area contributed by atoms with Crippen molar-refractivity contribution in [2.45, 2.75) is 213 Å². The third-order valence-corrected chi connectivity index (χ3v) is 14.3. The van der Waals surface area contributed by atoms with Crippen molar-refractivity contribution in [1.82, 2.24) is 10.6 Å². The quantitative estimate of drug-likeness (QED) is 0.0148. The second-order valence-electron chi connectivity index (χ2n) is 19.9. The minimum atomic E-state index is -1.90. The van der Waals surface area contributed by atoms with E-state index in [4.69, 9.17) is 14.2 Å². The van der Waals surface area contributed by atoms with Gasteiger partial charge in [0.15, 0.2) is 34.1 Å². The van der Waals surface area contributed by atoms with E-state index >= 15 is 0 Å². The first-order chi connectivity index (χ1) is 35.5. The predicted octanol–water partition coefficient (Wildman–Crippen LogP) is 12.5. The van der Waals surface area contributed by atoms with Crippen LogP contribution in [0.15, 0.2) is 24.3 Å². The SMILES string of the molecule is CCCCCCCCCCc1ccc(CCCOC(=O)NC2CCC(C(=O)O)(C(=O)O)C2)c(F)c1F.CCCCCCCCCCc1ccc(CCCOC(=O)NC2CCC(C(=O)O)(C(=O)OCC)C2)c(F)c1F. The van der Waals surface area contributed by atoms with Crippen LogP contribution in [0.2, 0.25) is 0 Å². The highest BCUT2D eigenvalue weighted by Gasteiger charge is 2.54. The lowest BCUT2D eigenvalue weighted by atomic mass is 9.86. The molecule has 5 N–H and O–H groups in total. The Labute approximate surface area is 434 Å². The van der Waals surface area contributed by atoms with Gasteiger partial charge in [0.2, 0.25) is 0 Å². The maximum absolute atomic E-state index is 14.5. The maximum atomic E-state index is 14.5. The lowest BCUT2D eigenvalue weighted by Gasteiger charge is -2.22. The summed E-state index contributed by atoms with van der Waals surface area (Å²) in [6.07, 6.45) is 18.9. The van der Waals surface area contributed by atoms with E-state index in [0.29, 0.717) is 36.8 Å². The average Bonchev–Trinajstić information content (AvgIpc) is 4.01. The Morgan fingerprint density at radius 3 is 1.11 bits per heavy atom. The Morgan fingerprint density at radius 1 is 0.473 bits per heavy atom. The molecule has 4 rings (SSSR count). The van der Waals surface area contributed by atoms with Crippen LogP contribution in [0.25, 0.3) is 0 Å². The second kappa shape index (κ2) is 33.5. The van der Waals surface area contributed by atoms with Crippen molar-refractivity contribution in [3.63, 3.8) is 0 Å². The standard InChI is InChI=1S/C29H43F2NO6.C27H39F2NO6/c1-3-5-6-7-8-9-10-11-13-21-15-16-22(25(31)24(21)30)14-12-19-38-28(36)32-23-17-18-29(20-23,26(33)34)27(35)37-4-2;1-2-3-4-5-6-7-8-9-11-19-13-14-20(23(29)22(19)28)12-10-17-36-26(35)30-21-15-16-27(18-21,24(31)32)25(33)34/h15-16,23H,3-14,17-20H2,1-2H3,(H,32,36)(H,33,34);13-14,21H,2-12,15-18H2,1H3,(H,30,35)(H,31,32)(H,33,34). The number of rotatable bonds is 33. The zero-order chi connectivity index (χ0) is 54.5. The molecule has 416 valence electrons. The van der Waals surface area contributed by atoms with Crippen LogP contribution in [0.1, 0.15) is 197 Å². The Balaban J connectivity index is 0.000000391. The van der Waals surface area contributed by atoms with Gasteiger partial charge in [-0.05, 0) is 119 Å². The molecule has 0 aliphatic heterocycles. The molecular weight excluding hydrogens is 969 g/mol. The molecular formula is C56H82F4N2O12. The van der Waals surface area contributed by atoms with Crippen LogP contribution in [-0.2, 0) is 59.1 Å². The van der Waals surface area contributed by atoms with Crippen molar-refractivity contribution < 1.29 is 75.9 Å². The number of carboxylic acids is 3. The Kier molecular flexibility index (Phi) is 28.5. The molecule has 14 nitrogen and oxygen atoms in total. The largest absolute Gasteiger partial charge is 0.480 e. The van der Waals surface area contributed by atoms with E-state index in [-0.39, 0.29) is 82.3 Å². The summed E-state index contributed by atoms with van der Waals surface area (Å²) in [5.41, 5.74) is -2.34. The summed E-state index contributed by atoms with van der Waals surface area (Å²) >= 11 is 0. The van der Waals surface area contributed by atoms with E-state index in [0.717, 1.165) is 38.5 Å². The van der Waals surface area contributed by atoms with Crippen LogP contribution in [0.5, 0.6) is 0 Å². The summed E-state index contributed by atoms with van der Waals surface area (Å²) in [5, 5.41) is 33.1. The molecule has 0 aromatic heterocycles. The van der Waals surface area contributed by atoms with Crippen LogP contribution < -0.4 is 10.6 Å². The van der Waals surface area contributed by atoms with Crippen LogP contribution in [0.3, 0.4) is 0 Å². The van der Waals surface area contributed by atoms with Gasteiger partial charge >= 0.3 is 36.1 Å². The Bertz CT molecular complexity index is 2090. The molecule has 0 radical (unpaired) electrons. The molecule has 18 heteroatoms. The molecule has 0 saturated heterocycles. The first-order valence-electron chi connectivity index (χ1n) is 27.1. The average molecular weight is 1050 g/mol. The molecule has 2 aromatic carbocycles. The smallest absolute Gasteiger partial charge is 0.407 e. The molecule has 0 heterocycles. The van der Waals surface area contributed by atoms with Gasteiger partial charge in [-0.3, -0.25) is 19.2 Å². The van der Waals surface area contributed by atoms with E-state index in [1.807, 2.05) is 0 Å². The number of carbonyl (C=O) groups is 6. The summed E-state index contributed by atoms with van der Waals surface area (Å²) in [7, 11) is 0. The molecule has 3 atom stereocenters. The summed E-state index contributed by atoms with van der Waals surface area (Å²) in [6.45, 7) is 5.99. The third kappa shape index (κ3) is 20.0. The molecule has 2 aliphatic rings. The van der Waals surface area contributed by atoms with Gasteiger partial charge < -0.3 is 40.2 Å². The minimum Gasteiger partial charge on any atom is -0.480 e. The van der Waals surface area contributed by atoms with Crippen molar-refractivity contribution in [2.75, 3.05) is 19.8 Å². The number of hydrogen-bond donors (Lipinski definition) is 5. The van der Waals surface area contributed by atoms with Crippen molar-refractivity contribution in [1.29, 1.82) is 0 Å². The van der Waals surface area contributed by atoms with Crippen LogP contribution in [0.4, 0.5) is 27.2 Å². The fourth-order valence-electron chi connectivity index (χ4n) is 9.75. The second-order valence-corrected chi connectivity index (χ2v) is 19.9. The van der Waals surface area contributed by atoms with E-state index < -0.39 is 82.2 Å². The van der Waals surface area contributed by atoms with Gasteiger partial charge in [0.1, 0.15) is 0 Å². The van der Waals surface area contributed by atoms with Gasteiger partial charge in [0.25, 0.3) is 0 Å². The minimum absolute atomic E-state index is 0.0123. The summed E-state index contributed by atoms with van der Waals surface area (Å²) in [5.74, 6) is -8.24. The number of carboxylic acid groups (broad SMARTS) is 3. The number of benzene rings is 2. The summed E-state index contributed by atoms with van der Waals surface area (Å²) in [6, 6.07) is 5.28. The summed E-state index contributed by atoms with van der Waals surface area (Å²) in [4.78, 5) is 70.7. The highest BCUT2D eigenvalue weighted by molar-refractivity contribution is 6.00. The number of aryl methyl sites for hydroxylation is 4. The molecule has 74 heavy (non-hydrogen) atoms. The third-order valence-electron chi connectivity index (χ3n) is 14.3. The van der Waals surface area contributed by atoms with Gasteiger partial charge in [0.05, 0.1) is 19.8 Å². The Morgan fingerprint density at radius 2 is 0.784 bits per heavy atom. The van der Waals surface area contributed by atoms with Crippen molar-refractivity contribution in [3.05, 3.63) is 69.8 Å². The molecule has 0 spiro atoms. The van der Waals surface area contributed by atoms with E-state index in [2.05, 4.69) is 24.5 Å². The number of hydrogen-bond acceptors (Lipinski definition) is 9. The number of halogens is 4. The molecule has 2 aliphatic carbocycles. The fourth-order valence-corrected chi connectivity index (χ4v) is 9.75. The van der Waals surface area contributed by atoms with Gasteiger partial charge in [-0.1, -0.05) is 128 Å². The molecule has 2 amide bonds. The molecule has 2 saturated carbocycles. The van der Waals surface area contributed by atoms with Crippen LogP contribution in [-0.4, -0.2) is 83.3 Å². The normalized spacial score (nSPS) is 17.7. The van der Waals surface area contributed by atoms with Crippen molar-refractivity contribution in [2.24, 2.45) is 10.8 Å². The number of amides is 2. The first-order valence-corrected chi connectivity index (χ1v) is 27.1. The highest BCUT2D eigenvalue weighted by atomic mass is 19.2. The first kappa shape index (κ1) is 62.9. The van der Waals surface area contributed by atoms with Gasteiger partial charge in [-0.2, -0.15) is 0 Å². The van der Waals surface area contributed by atoms with Gasteiger partial charge in [-0.15, -0.1) is 0 Å². The number of alkyl carbamates (subject to hydrolysis) is 2. The molecule has 2 aromatic rings. The molecule has 3 unspecified atom stereocenters. The number of nitrogens with one attached hydrogen (secondary N) is 2. The number of esters is 1. The maximum Gasteiger partial charge on any atom is 0.407 e. The van der Waals surface area contributed by atoms with E-state index in [1.165, 1.54) is 64.2 Å². The van der Waals surface area contributed by atoms with Gasteiger partial charge in [-0.25, -0.2) is 27.2 Å². The zero-order valence-electron chi connectivity index (χ0n) is 43.9. The van der Waals surface area contributed by atoms with E-state index in [1.54, 1.807) is 31.2 Å². The van der Waals surface area contributed by atoms with Gasteiger partial charge in [0, 0.05) is 12.1 Å². The van der Waals surface area contributed by atoms with Crippen LogP contribution in [0, 0.1) is 34.1 Å². The predicted molar refractivity (Wildman–Crippen MR) is 271 cm³/mol. The van der Waals surface area contributed by atoms with Crippen molar-refractivity contribution in [3.8, 4) is 0 Å². The number of aliphatic carboxylic acids is 3. The zero-order valence-corrected chi connectivity index (χ0v) is 43.9. The summed E-state index contributed by atoms with van der Waals surface area (Å²) < 4.78 is 73.1. The molecule has 0 bridgehead atoms. The van der Waals surface area contributed by atoms with Crippen molar-refractivity contribution >= 4 is 36.1 Å². The topological polar surface area (TPSA) is 215 Å². The Hall–Kier alpha value is -5.42. The van der Waals surface area contributed by atoms with Crippen LogP contribution >= 0.6 is 0 Å². The number of unbranched alkanes of at least 4 members (excludes halogenated alkanes) is 14. The number of ether oxygens (including phenoxy) is 3. The lowest BCUT2D eigenvalue weighted by molar-refractivity contribution is -0.168.